The molecule has 7 nitrogen and oxygen atoms in total. The van der Waals surface area contributed by atoms with Gasteiger partial charge in [-0.3, -0.25) is 8.98 Å². The number of allylic oxidation sites excluding steroid dienone is 9. The molecule has 1 fully saturated rings. The van der Waals surface area contributed by atoms with Crippen LogP contribution in [0.4, 0.5) is 0 Å². The van der Waals surface area contributed by atoms with E-state index >= 15 is 0 Å². The summed E-state index contributed by atoms with van der Waals surface area (Å²) in [7, 11) is -3.93. The molecule has 0 unspecified atom stereocenters. The van der Waals surface area contributed by atoms with Gasteiger partial charge in [0.15, 0.2) is 0 Å². The lowest BCUT2D eigenvalue weighted by Crippen LogP contribution is -2.39. The van der Waals surface area contributed by atoms with Crippen LogP contribution in [0.15, 0.2) is 58.9 Å². The summed E-state index contributed by atoms with van der Waals surface area (Å²) in [4.78, 5) is 12.3. The Bertz CT molecular complexity index is 964. The van der Waals surface area contributed by atoms with Gasteiger partial charge in [-0.25, -0.2) is 5.14 Å². The first-order valence-corrected chi connectivity index (χ1v) is 13.0. The number of hydrogen-bond acceptors (Lipinski definition) is 5. The third-order valence-corrected chi connectivity index (χ3v) is 6.69. The molecule has 1 aliphatic carbocycles. The normalized spacial score (nSPS) is 24.9. The maximum atomic E-state index is 12.3. The Morgan fingerprint density at radius 1 is 1.15 bits per heavy atom. The van der Waals surface area contributed by atoms with Crippen molar-refractivity contribution < 1.29 is 17.4 Å². The number of carbonyl (C=O) groups excluding carboxylic acids is 1. The van der Waals surface area contributed by atoms with Crippen molar-refractivity contribution in [1.82, 2.24) is 10.6 Å². The third kappa shape index (κ3) is 9.70. The van der Waals surface area contributed by atoms with Crippen LogP contribution in [0.2, 0.25) is 0 Å². The van der Waals surface area contributed by atoms with Crippen LogP contribution >= 0.6 is 0 Å². The number of rotatable bonds is 8. The van der Waals surface area contributed by atoms with Crippen LogP contribution in [0.25, 0.3) is 0 Å². The van der Waals surface area contributed by atoms with Crippen molar-refractivity contribution >= 4 is 16.2 Å². The molecular formula is C25H39N3O4S. The average molecular weight is 478 g/mol. The molecule has 2 aliphatic rings. The first kappa shape index (κ1) is 27.1. The molecule has 1 heterocycles. The van der Waals surface area contributed by atoms with Gasteiger partial charge in [0, 0.05) is 24.4 Å². The van der Waals surface area contributed by atoms with Crippen molar-refractivity contribution in [2.45, 2.75) is 78.9 Å². The topological polar surface area (TPSA) is 111 Å². The third-order valence-electron chi connectivity index (χ3n) is 6.15. The minimum Gasteiger partial charge on any atom is -0.388 e. The molecule has 0 radical (unpaired) electrons. The van der Waals surface area contributed by atoms with Gasteiger partial charge in [0.05, 0.1) is 6.10 Å². The van der Waals surface area contributed by atoms with E-state index in [2.05, 4.69) is 50.5 Å². The van der Waals surface area contributed by atoms with Gasteiger partial charge < -0.3 is 10.6 Å². The van der Waals surface area contributed by atoms with Gasteiger partial charge in [-0.15, -0.1) is 0 Å². The summed E-state index contributed by atoms with van der Waals surface area (Å²) in [6, 6.07) is 0.00873. The fourth-order valence-electron chi connectivity index (χ4n) is 4.26. The molecule has 1 saturated carbocycles. The minimum absolute atomic E-state index is 0.00873. The van der Waals surface area contributed by atoms with Gasteiger partial charge >= 0.3 is 10.3 Å². The molecule has 2 rings (SSSR count). The Labute approximate surface area is 199 Å². The van der Waals surface area contributed by atoms with Gasteiger partial charge in [-0.05, 0) is 69.4 Å². The quantitative estimate of drug-likeness (QED) is 0.362. The van der Waals surface area contributed by atoms with Crippen molar-refractivity contribution in [3.63, 3.8) is 0 Å². The molecule has 0 saturated heterocycles. The molecule has 4 N–H and O–H groups in total. The number of hydrogen-bond donors (Lipinski definition) is 3. The average Bonchev–Trinajstić information content (AvgIpc) is 2.67. The van der Waals surface area contributed by atoms with E-state index in [-0.39, 0.29) is 17.4 Å². The molecule has 33 heavy (non-hydrogen) atoms. The van der Waals surface area contributed by atoms with Crippen molar-refractivity contribution in [2.75, 3.05) is 6.54 Å². The highest BCUT2D eigenvalue weighted by Gasteiger charge is 2.27. The van der Waals surface area contributed by atoms with Crippen LogP contribution in [0.3, 0.4) is 0 Å². The Balaban J connectivity index is 1.84. The second kappa shape index (κ2) is 11.8. The van der Waals surface area contributed by atoms with Gasteiger partial charge in [0.25, 0.3) is 0 Å². The molecule has 1 amide bonds. The van der Waals surface area contributed by atoms with E-state index in [0.29, 0.717) is 25.7 Å². The van der Waals surface area contributed by atoms with E-state index in [1.807, 2.05) is 25.2 Å². The standard InChI is InChI=1S/C25H39N3O4S/c1-18(9-14-23-20(3)27-16-15-25(23,4)5)7-6-8-19(2)17-24(29)28-21-10-12-22(13-11-21)32-33(26,30)31/h6-9,14,17,21-22,27H,10-13,15-16H2,1-5H3,(H,28,29)(H2,26,30,31)/b8-6+,14-9+,18-7+,19-17+. The van der Waals surface area contributed by atoms with E-state index in [9.17, 15) is 13.2 Å². The summed E-state index contributed by atoms with van der Waals surface area (Å²) in [6.07, 6.45) is 14.9. The molecule has 1 aliphatic heterocycles. The lowest BCUT2D eigenvalue weighted by molar-refractivity contribution is -0.117. The molecule has 0 bridgehead atoms. The Morgan fingerprint density at radius 2 is 1.82 bits per heavy atom. The second-order valence-corrected chi connectivity index (χ2v) is 10.8. The fourth-order valence-corrected chi connectivity index (χ4v) is 4.84. The van der Waals surface area contributed by atoms with E-state index in [0.717, 1.165) is 24.1 Å². The molecule has 0 aromatic carbocycles. The molecule has 184 valence electrons. The molecular weight excluding hydrogens is 438 g/mol. The highest BCUT2D eigenvalue weighted by atomic mass is 32.2. The maximum absolute atomic E-state index is 12.3. The van der Waals surface area contributed by atoms with Gasteiger partial charge in [0.2, 0.25) is 5.91 Å². The van der Waals surface area contributed by atoms with E-state index in [4.69, 9.17) is 9.32 Å². The van der Waals surface area contributed by atoms with Crippen molar-refractivity contribution in [3.8, 4) is 0 Å². The highest BCUT2D eigenvalue weighted by molar-refractivity contribution is 7.84. The molecule has 8 heteroatoms. The van der Waals surface area contributed by atoms with Crippen LogP contribution in [-0.2, 0) is 19.3 Å². The van der Waals surface area contributed by atoms with Crippen LogP contribution < -0.4 is 15.8 Å². The lowest BCUT2D eigenvalue weighted by atomic mass is 9.77. The predicted octanol–water partition coefficient (Wildman–Crippen LogP) is 3.93. The smallest absolute Gasteiger partial charge is 0.333 e. The Kier molecular flexibility index (Phi) is 9.70. The number of carbonyl (C=O) groups is 1. The van der Waals surface area contributed by atoms with Gasteiger partial charge in [0.1, 0.15) is 0 Å². The molecule has 0 aromatic heterocycles. The second-order valence-electron chi connectivity index (χ2n) is 9.66. The van der Waals surface area contributed by atoms with Gasteiger partial charge in [-0.1, -0.05) is 49.8 Å². The first-order chi connectivity index (χ1) is 15.4. The van der Waals surface area contributed by atoms with Gasteiger partial charge in [-0.2, -0.15) is 8.42 Å². The Hall–Kier alpha value is -2.16. The zero-order valence-electron chi connectivity index (χ0n) is 20.5. The number of nitrogens with two attached hydrogens (primary N) is 1. The van der Waals surface area contributed by atoms with Crippen molar-refractivity contribution in [3.05, 3.63) is 58.9 Å². The van der Waals surface area contributed by atoms with Crippen LogP contribution in [-0.4, -0.2) is 33.0 Å². The van der Waals surface area contributed by atoms with Crippen molar-refractivity contribution in [1.29, 1.82) is 0 Å². The summed E-state index contributed by atoms with van der Waals surface area (Å²) in [5, 5.41) is 11.3. The zero-order valence-corrected chi connectivity index (χ0v) is 21.3. The molecule has 0 spiro atoms. The highest BCUT2D eigenvalue weighted by Crippen LogP contribution is 2.35. The number of nitrogens with one attached hydrogen (secondary N) is 2. The fraction of sp³-hybridized carbons (Fsp3) is 0.560. The van der Waals surface area contributed by atoms with E-state index in [1.54, 1.807) is 6.08 Å². The largest absolute Gasteiger partial charge is 0.388 e. The van der Waals surface area contributed by atoms with Crippen LogP contribution in [0.1, 0.15) is 66.7 Å². The summed E-state index contributed by atoms with van der Waals surface area (Å²) >= 11 is 0. The van der Waals surface area contributed by atoms with E-state index < -0.39 is 16.4 Å². The van der Waals surface area contributed by atoms with E-state index in [1.165, 1.54) is 11.3 Å². The lowest BCUT2D eigenvalue weighted by Gasteiger charge is -2.33. The monoisotopic (exact) mass is 477 g/mol. The van der Waals surface area contributed by atoms with Crippen LogP contribution in [0, 0.1) is 5.41 Å². The summed E-state index contributed by atoms with van der Waals surface area (Å²) < 4.78 is 26.9. The first-order valence-electron chi connectivity index (χ1n) is 11.5. The zero-order chi connectivity index (χ0) is 24.6. The summed E-state index contributed by atoms with van der Waals surface area (Å²) in [5.74, 6) is -0.150. The predicted molar refractivity (Wildman–Crippen MR) is 133 cm³/mol. The maximum Gasteiger partial charge on any atom is 0.333 e. The van der Waals surface area contributed by atoms with Crippen molar-refractivity contribution in [2.24, 2.45) is 10.6 Å². The number of amides is 1. The minimum atomic E-state index is -3.93. The molecule has 0 aromatic rings. The molecule has 0 atom stereocenters. The van der Waals surface area contributed by atoms with Crippen LogP contribution in [0.5, 0.6) is 0 Å². The SMILES string of the molecule is CC1=C(/C=C/C(C)=C/C=C/C(C)=C/C(=O)NC2CCC(OS(N)(=O)=O)CC2)C(C)(C)CCN1. The summed E-state index contributed by atoms with van der Waals surface area (Å²) in [6.45, 7) is 11.6. The summed E-state index contributed by atoms with van der Waals surface area (Å²) in [5.41, 5.74) is 4.72. The Morgan fingerprint density at radius 3 is 2.42 bits per heavy atom.